The molecular weight excluding hydrogens is 314 g/mol. The van der Waals surface area contributed by atoms with E-state index in [4.69, 9.17) is 0 Å². The van der Waals surface area contributed by atoms with Crippen LogP contribution in [0.3, 0.4) is 0 Å². The van der Waals surface area contributed by atoms with Gasteiger partial charge in [0.15, 0.2) is 0 Å². The van der Waals surface area contributed by atoms with Gasteiger partial charge in [-0.1, -0.05) is 15.9 Å². The van der Waals surface area contributed by atoms with Gasteiger partial charge in [0, 0.05) is 48.2 Å². The molecule has 0 spiro atoms. The highest BCUT2D eigenvalue weighted by atomic mass is 79.9. The molecule has 2 heterocycles. The van der Waals surface area contributed by atoms with Crippen molar-refractivity contribution in [2.45, 2.75) is 19.0 Å². The molecule has 1 N–H and O–H groups in total. The Balaban J connectivity index is 1.53. The van der Waals surface area contributed by atoms with Crippen molar-refractivity contribution in [3.8, 4) is 0 Å². The van der Waals surface area contributed by atoms with Crippen molar-refractivity contribution < 1.29 is 0 Å². The van der Waals surface area contributed by atoms with Crippen LogP contribution in [0.1, 0.15) is 12.0 Å². The van der Waals surface area contributed by atoms with Crippen LogP contribution in [0.25, 0.3) is 0 Å². The lowest BCUT2D eigenvalue weighted by molar-refractivity contribution is 0.551. The fraction of sp³-hybridized carbons (Fsp3) is 0.312. The van der Waals surface area contributed by atoms with Gasteiger partial charge in [-0.15, -0.1) is 0 Å². The van der Waals surface area contributed by atoms with E-state index in [0.29, 0.717) is 6.04 Å². The normalized spacial score (nSPS) is 18.4. The highest BCUT2D eigenvalue weighted by molar-refractivity contribution is 9.10. The van der Waals surface area contributed by atoms with Crippen LogP contribution in [0.5, 0.6) is 0 Å². The predicted octanol–water partition coefficient (Wildman–Crippen LogP) is 3.21. The van der Waals surface area contributed by atoms with Crippen molar-refractivity contribution in [3.63, 3.8) is 0 Å². The van der Waals surface area contributed by atoms with Gasteiger partial charge in [0.25, 0.3) is 0 Å². The van der Waals surface area contributed by atoms with E-state index < -0.39 is 0 Å². The minimum absolute atomic E-state index is 0.562. The van der Waals surface area contributed by atoms with Crippen molar-refractivity contribution in [2.24, 2.45) is 0 Å². The summed E-state index contributed by atoms with van der Waals surface area (Å²) in [6, 6.07) is 13.3. The first kappa shape index (κ1) is 13.6. The van der Waals surface area contributed by atoms with E-state index in [2.05, 4.69) is 67.5 Å². The fourth-order valence-electron chi connectivity index (χ4n) is 2.58. The van der Waals surface area contributed by atoms with E-state index >= 15 is 0 Å². The average Bonchev–Trinajstić information content (AvgIpc) is 2.96. The molecule has 0 saturated carbocycles. The number of rotatable bonds is 4. The Morgan fingerprint density at radius 3 is 2.65 bits per heavy atom. The van der Waals surface area contributed by atoms with E-state index in [1.165, 1.54) is 17.7 Å². The minimum Gasteiger partial charge on any atom is -0.370 e. The Kier molecular flexibility index (Phi) is 4.33. The maximum Gasteiger partial charge on any atom is 0.0367 e. The molecule has 1 unspecified atom stereocenters. The molecular formula is C16H18BrN3. The number of hydrogen-bond donors (Lipinski definition) is 1. The summed E-state index contributed by atoms with van der Waals surface area (Å²) in [4.78, 5) is 6.49. The zero-order chi connectivity index (χ0) is 13.8. The second-order valence-electron chi connectivity index (χ2n) is 5.14. The standard InChI is InChI=1S/C16H18BrN3/c17-14-1-3-16(4-2-14)20-10-7-15(12-20)19-11-13-5-8-18-9-6-13/h1-6,8-9,15,19H,7,10-12H2. The molecule has 1 atom stereocenters. The molecule has 1 aliphatic heterocycles. The minimum atomic E-state index is 0.562. The monoisotopic (exact) mass is 331 g/mol. The van der Waals surface area contributed by atoms with Crippen LogP contribution in [0.15, 0.2) is 53.3 Å². The molecule has 0 amide bonds. The van der Waals surface area contributed by atoms with Crippen LogP contribution in [-0.2, 0) is 6.54 Å². The number of hydrogen-bond acceptors (Lipinski definition) is 3. The molecule has 0 radical (unpaired) electrons. The van der Waals surface area contributed by atoms with Crippen molar-refractivity contribution in [1.82, 2.24) is 10.3 Å². The zero-order valence-corrected chi connectivity index (χ0v) is 12.9. The SMILES string of the molecule is Brc1ccc(N2CCC(NCc3ccncc3)C2)cc1. The zero-order valence-electron chi connectivity index (χ0n) is 11.3. The Morgan fingerprint density at radius 2 is 1.90 bits per heavy atom. The van der Waals surface area contributed by atoms with E-state index in [-0.39, 0.29) is 0 Å². The van der Waals surface area contributed by atoms with Gasteiger partial charge in [-0.3, -0.25) is 4.98 Å². The lowest BCUT2D eigenvalue weighted by atomic mass is 10.2. The van der Waals surface area contributed by atoms with Gasteiger partial charge in [-0.05, 0) is 48.4 Å². The maximum absolute atomic E-state index is 4.04. The van der Waals surface area contributed by atoms with Crippen molar-refractivity contribution in [3.05, 3.63) is 58.8 Å². The Hall–Kier alpha value is -1.39. The lowest BCUT2D eigenvalue weighted by Gasteiger charge is -2.19. The number of anilines is 1. The topological polar surface area (TPSA) is 28.2 Å². The van der Waals surface area contributed by atoms with Crippen LogP contribution >= 0.6 is 15.9 Å². The summed E-state index contributed by atoms with van der Waals surface area (Å²) < 4.78 is 1.13. The lowest BCUT2D eigenvalue weighted by Crippen LogP contribution is -2.32. The van der Waals surface area contributed by atoms with Crippen molar-refractivity contribution in [2.75, 3.05) is 18.0 Å². The maximum atomic E-state index is 4.04. The summed E-state index contributed by atoms with van der Waals surface area (Å²) in [6.07, 6.45) is 4.89. The highest BCUT2D eigenvalue weighted by Crippen LogP contribution is 2.22. The average molecular weight is 332 g/mol. The molecule has 1 fully saturated rings. The summed E-state index contributed by atoms with van der Waals surface area (Å²) in [5.41, 5.74) is 2.60. The van der Waals surface area contributed by atoms with Gasteiger partial charge in [0.05, 0.1) is 0 Å². The smallest absolute Gasteiger partial charge is 0.0367 e. The molecule has 1 aromatic carbocycles. The number of pyridine rings is 1. The number of nitrogens with one attached hydrogen (secondary N) is 1. The van der Waals surface area contributed by atoms with Gasteiger partial charge in [0.2, 0.25) is 0 Å². The fourth-order valence-corrected chi connectivity index (χ4v) is 2.84. The Bertz CT molecular complexity index is 541. The van der Waals surface area contributed by atoms with Crippen LogP contribution in [0, 0.1) is 0 Å². The molecule has 1 saturated heterocycles. The third kappa shape index (κ3) is 3.38. The third-order valence-corrected chi connectivity index (χ3v) is 4.25. The Labute approximate surface area is 128 Å². The largest absolute Gasteiger partial charge is 0.370 e. The number of aromatic nitrogens is 1. The second kappa shape index (κ2) is 6.37. The van der Waals surface area contributed by atoms with Gasteiger partial charge in [-0.25, -0.2) is 0 Å². The molecule has 4 heteroatoms. The molecule has 2 aromatic rings. The molecule has 3 nitrogen and oxygen atoms in total. The number of nitrogens with zero attached hydrogens (tertiary/aromatic N) is 2. The van der Waals surface area contributed by atoms with Crippen LogP contribution in [0.4, 0.5) is 5.69 Å². The first-order chi connectivity index (χ1) is 9.81. The van der Waals surface area contributed by atoms with Gasteiger partial charge >= 0.3 is 0 Å². The van der Waals surface area contributed by atoms with E-state index in [0.717, 1.165) is 24.1 Å². The highest BCUT2D eigenvalue weighted by Gasteiger charge is 2.21. The molecule has 0 aliphatic carbocycles. The molecule has 20 heavy (non-hydrogen) atoms. The third-order valence-electron chi connectivity index (χ3n) is 3.72. The quantitative estimate of drug-likeness (QED) is 0.932. The number of benzene rings is 1. The molecule has 3 rings (SSSR count). The molecule has 0 bridgehead atoms. The van der Waals surface area contributed by atoms with Crippen LogP contribution in [-0.4, -0.2) is 24.1 Å². The van der Waals surface area contributed by atoms with E-state index in [1.807, 2.05) is 12.4 Å². The van der Waals surface area contributed by atoms with E-state index in [1.54, 1.807) is 0 Å². The van der Waals surface area contributed by atoms with Gasteiger partial charge in [0.1, 0.15) is 0 Å². The summed E-state index contributed by atoms with van der Waals surface area (Å²) in [7, 11) is 0. The first-order valence-electron chi connectivity index (χ1n) is 6.94. The second-order valence-corrected chi connectivity index (χ2v) is 6.06. The molecule has 104 valence electrons. The van der Waals surface area contributed by atoms with Crippen LogP contribution < -0.4 is 10.2 Å². The summed E-state index contributed by atoms with van der Waals surface area (Å²) >= 11 is 3.48. The van der Waals surface area contributed by atoms with E-state index in [9.17, 15) is 0 Å². The molecule has 1 aliphatic rings. The van der Waals surface area contributed by atoms with Crippen molar-refractivity contribution >= 4 is 21.6 Å². The Morgan fingerprint density at radius 1 is 1.15 bits per heavy atom. The van der Waals surface area contributed by atoms with Crippen molar-refractivity contribution in [1.29, 1.82) is 0 Å². The van der Waals surface area contributed by atoms with Gasteiger partial charge in [-0.2, -0.15) is 0 Å². The summed E-state index contributed by atoms with van der Waals surface area (Å²) in [5, 5.41) is 3.63. The predicted molar refractivity (Wildman–Crippen MR) is 85.8 cm³/mol. The summed E-state index contributed by atoms with van der Waals surface area (Å²) in [5.74, 6) is 0. The first-order valence-corrected chi connectivity index (χ1v) is 7.73. The molecule has 1 aromatic heterocycles. The summed E-state index contributed by atoms with van der Waals surface area (Å²) in [6.45, 7) is 3.11. The van der Waals surface area contributed by atoms with Gasteiger partial charge < -0.3 is 10.2 Å². The van der Waals surface area contributed by atoms with Crippen LogP contribution in [0.2, 0.25) is 0 Å². The number of halogens is 1.